The third-order valence-corrected chi connectivity index (χ3v) is 3.80. The van der Waals surface area contributed by atoms with Crippen LogP contribution in [0.1, 0.15) is 53.4 Å². The Balaban J connectivity index is 2.84. The zero-order chi connectivity index (χ0) is 12.3. The Bertz CT molecular complexity index is 302. The lowest BCUT2D eigenvalue weighted by atomic mass is 9.68. The van der Waals surface area contributed by atoms with Gasteiger partial charge in [0.1, 0.15) is 5.78 Å². The van der Waals surface area contributed by atoms with Crippen molar-refractivity contribution in [1.29, 1.82) is 0 Å². The number of ketones is 1. The predicted molar refractivity (Wildman–Crippen MR) is 66.2 cm³/mol. The van der Waals surface area contributed by atoms with E-state index < -0.39 is 5.41 Å². The first-order valence-electron chi connectivity index (χ1n) is 6.20. The number of aliphatic hydroxyl groups is 1. The lowest BCUT2D eigenvalue weighted by molar-refractivity contribution is -0.132. The molecule has 1 unspecified atom stereocenters. The van der Waals surface area contributed by atoms with Crippen molar-refractivity contribution in [2.45, 2.75) is 53.4 Å². The maximum atomic E-state index is 12.2. The summed E-state index contributed by atoms with van der Waals surface area (Å²) in [6.07, 6.45) is 3.11. The highest BCUT2D eigenvalue weighted by molar-refractivity contribution is 5.85. The van der Waals surface area contributed by atoms with E-state index in [0.717, 1.165) is 19.3 Å². The highest BCUT2D eigenvalue weighted by Crippen LogP contribution is 2.40. The molecule has 1 aliphatic rings. The molecule has 0 saturated heterocycles. The fourth-order valence-corrected chi connectivity index (χ4v) is 2.44. The maximum Gasteiger partial charge on any atom is 0.141 e. The lowest BCUT2D eigenvalue weighted by Gasteiger charge is -2.36. The first-order chi connectivity index (χ1) is 7.41. The van der Waals surface area contributed by atoms with Crippen LogP contribution in [0.5, 0.6) is 0 Å². The van der Waals surface area contributed by atoms with Crippen molar-refractivity contribution in [2.75, 3.05) is 6.61 Å². The van der Waals surface area contributed by atoms with Crippen molar-refractivity contribution in [3.63, 3.8) is 0 Å². The van der Waals surface area contributed by atoms with Gasteiger partial charge in [-0.3, -0.25) is 4.79 Å². The number of hydrogen-bond acceptors (Lipinski definition) is 2. The van der Waals surface area contributed by atoms with Crippen molar-refractivity contribution in [3.8, 4) is 0 Å². The van der Waals surface area contributed by atoms with Gasteiger partial charge in [0, 0.05) is 6.42 Å². The van der Waals surface area contributed by atoms with Gasteiger partial charge in [-0.15, -0.1) is 0 Å². The molecule has 16 heavy (non-hydrogen) atoms. The number of hydrogen-bond donors (Lipinski definition) is 1. The highest BCUT2D eigenvalue weighted by Gasteiger charge is 2.39. The van der Waals surface area contributed by atoms with Crippen molar-refractivity contribution in [2.24, 2.45) is 11.3 Å². The van der Waals surface area contributed by atoms with E-state index in [1.54, 1.807) is 0 Å². The highest BCUT2D eigenvalue weighted by atomic mass is 16.3. The zero-order valence-corrected chi connectivity index (χ0v) is 11.0. The molecule has 1 atom stereocenters. The van der Waals surface area contributed by atoms with Crippen LogP contribution < -0.4 is 0 Å². The normalized spacial score (nSPS) is 26.4. The van der Waals surface area contributed by atoms with Crippen LogP contribution in [0.3, 0.4) is 0 Å². The maximum absolute atomic E-state index is 12.2. The van der Waals surface area contributed by atoms with Gasteiger partial charge < -0.3 is 5.11 Å². The van der Waals surface area contributed by atoms with Gasteiger partial charge >= 0.3 is 0 Å². The summed E-state index contributed by atoms with van der Waals surface area (Å²) >= 11 is 0. The molecular formula is C14H24O2. The molecule has 0 amide bonds. The Morgan fingerprint density at radius 2 is 2.00 bits per heavy atom. The number of rotatable bonds is 4. The van der Waals surface area contributed by atoms with Crippen molar-refractivity contribution < 1.29 is 9.90 Å². The molecule has 0 aliphatic heterocycles. The van der Waals surface area contributed by atoms with Crippen LogP contribution in [0, 0.1) is 11.3 Å². The molecule has 1 rings (SSSR count). The van der Waals surface area contributed by atoms with Crippen LogP contribution in [-0.4, -0.2) is 17.5 Å². The summed E-state index contributed by atoms with van der Waals surface area (Å²) < 4.78 is 0. The van der Waals surface area contributed by atoms with Crippen LogP contribution in [0.4, 0.5) is 0 Å². The van der Waals surface area contributed by atoms with E-state index in [1.807, 2.05) is 0 Å². The second-order valence-electron chi connectivity index (χ2n) is 5.70. The number of carbonyl (C=O) groups is 1. The van der Waals surface area contributed by atoms with E-state index in [9.17, 15) is 9.90 Å². The van der Waals surface area contributed by atoms with E-state index in [-0.39, 0.29) is 12.4 Å². The van der Waals surface area contributed by atoms with Gasteiger partial charge in [0.25, 0.3) is 0 Å². The van der Waals surface area contributed by atoms with Gasteiger partial charge in [0.15, 0.2) is 0 Å². The third kappa shape index (κ3) is 2.73. The predicted octanol–water partition coefficient (Wildman–Crippen LogP) is 3.10. The fourth-order valence-electron chi connectivity index (χ4n) is 2.44. The summed E-state index contributed by atoms with van der Waals surface area (Å²) in [5, 5.41) is 9.59. The molecule has 0 heterocycles. The number of aliphatic hydroxyl groups excluding tert-OH is 1. The smallest absolute Gasteiger partial charge is 0.141 e. The summed E-state index contributed by atoms with van der Waals surface area (Å²) in [5.41, 5.74) is 2.20. The monoisotopic (exact) mass is 224 g/mol. The second-order valence-corrected chi connectivity index (χ2v) is 5.70. The largest absolute Gasteiger partial charge is 0.395 e. The lowest BCUT2D eigenvalue weighted by Crippen LogP contribution is -2.38. The van der Waals surface area contributed by atoms with Crippen LogP contribution in [-0.2, 0) is 4.79 Å². The molecule has 2 nitrogen and oxygen atoms in total. The van der Waals surface area contributed by atoms with Gasteiger partial charge in [-0.05, 0) is 39.0 Å². The molecule has 92 valence electrons. The molecule has 0 radical (unpaired) electrons. The molecule has 0 aromatic heterocycles. The average Bonchev–Trinajstić information content (AvgIpc) is 2.21. The quantitative estimate of drug-likeness (QED) is 0.745. The molecular weight excluding hydrogens is 200 g/mol. The number of Topliss-reactive ketones (excluding diaryl/α,β-unsaturated/α-hetero) is 1. The summed E-state index contributed by atoms with van der Waals surface area (Å²) in [5.74, 6) is 0.625. The molecule has 0 bridgehead atoms. The SMILES string of the molecule is CC1=C(C)CC(CO)(C(=O)CC(C)C)CC1. The Morgan fingerprint density at radius 1 is 1.38 bits per heavy atom. The number of carbonyl (C=O) groups excluding carboxylic acids is 1. The first-order valence-corrected chi connectivity index (χ1v) is 6.20. The van der Waals surface area contributed by atoms with E-state index in [1.165, 1.54) is 11.1 Å². The average molecular weight is 224 g/mol. The molecule has 2 heteroatoms. The van der Waals surface area contributed by atoms with Crippen LogP contribution in [0.15, 0.2) is 11.1 Å². The Labute approximate surface area is 98.7 Å². The zero-order valence-electron chi connectivity index (χ0n) is 11.0. The molecule has 0 fully saturated rings. The van der Waals surface area contributed by atoms with E-state index in [4.69, 9.17) is 0 Å². The topological polar surface area (TPSA) is 37.3 Å². The minimum atomic E-state index is -0.478. The molecule has 0 aromatic carbocycles. The molecule has 0 saturated carbocycles. The third-order valence-electron chi connectivity index (χ3n) is 3.80. The van der Waals surface area contributed by atoms with Crippen molar-refractivity contribution in [3.05, 3.63) is 11.1 Å². The van der Waals surface area contributed by atoms with Gasteiger partial charge in [0.05, 0.1) is 12.0 Å². The Kier molecular flexibility index (Phi) is 4.31. The van der Waals surface area contributed by atoms with E-state index in [2.05, 4.69) is 27.7 Å². The van der Waals surface area contributed by atoms with Crippen LogP contribution in [0.2, 0.25) is 0 Å². The van der Waals surface area contributed by atoms with Crippen LogP contribution in [0.25, 0.3) is 0 Å². The number of allylic oxidation sites excluding steroid dienone is 2. The van der Waals surface area contributed by atoms with E-state index in [0.29, 0.717) is 12.3 Å². The molecule has 0 spiro atoms. The molecule has 0 aromatic rings. The Hall–Kier alpha value is -0.630. The second kappa shape index (κ2) is 5.13. The summed E-state index contributed by atoms with van der Waals surface area (Å²) in [7, 11) is 0. The summed E-state index contributed by atoms with van der Waals surface area (Å²) in [4.78, 5) is 12.2. The minimum absolute atomic E-state index is 0.00315. The first kappa shape index (κ1) is 13.4. The minimum Gasteiger partial charge on any atom is -0.395 e. The Morgan fingerprint density at radius 3 is 2.44 bits per heavy atom. The standard InChI is InChI=1S/C14H24O2/c1-10(2)7-13(16)14(9-15)6-5-11(3)12(4)8-14/h10,15H,5-9H2,1-4H3. The van der Waals surface area contributed by atoms with Crippen LogP contribution >= 0.6 is 0 Å². The van der Waals surface area contributed by atoms with Crippen molar-refractivity contribution in [1.82, 2.24) is 0 Å². The molecule has 1 aliphatic carbocycles. The van der Waals surface area contributed by atoms with Gasteiger partial charge in [-0.2, -0.15) is 0 Å². The summed E-state index contributed by atoms with van der Waals surface area (Å²) in [6, 6.07) is 0. The van der Waals surface area contributed by atoms with Gasteiger partial charge in [-0.1, -0.05) is 25.0 Å². The van der Waals surface area contributed by atoms with E-state index >= 15 is 0 Å². The summed E-state index contributed by atoms with van der Waals surface area (Å²) in [6.45, 7) is 8.33. The van der Waals surface area contributed by atoms with Gasteiger partial charge in [0.2, 0.25) is 0 Å². The molecule has 1 N–H and O–H groups in total. The van der Waals surface area contributed by atoms with Gasteiger partial charge in [-0.25, -0.2) is 0 Å². The van der Waals surface area contributed by atoms with Crippen molar-refractivity contribution >= 4 is 5.78 Å². The fraction of sp³-hybridized carbons (Fsp3) is 0.786.